The van der Waals surface area contributed by atoms with E-state index in [2.05, 4.69) is 31.6 Å². The van der Waals surface area contributed by atoms with Gasteiger partial charge in [-0.2, -0.15) is 0 Å². The van der Waals surface area contributed by atoms with Crippen molar-refractivity contribution in [3.05, 3.63) is 118 Å². The summed E-state index contributed by atoms with van der Waals surface area (Å²) in [5.41, 5.74) is 6.70. The van der Waals surface area contributed by atoms with Gasteiger partial charge in [0.1, 0.15) is 24.0 Å². The molecule has 0 bridgehead atoms. The van der Waals surface area contributed by atoms with Gasteiger partial charge >= 0.3 is 0 Å². The largest absolute Gasteiger partial charge is 0.482 e. The fraction of sp³-hybridized carbons (Fsp3) is 0.482. The molecule has 3 aromatic carbocycles. The number of anilines is 2. The highest BCUT2D eigenvalue weighted by molar-refractivity contribution is 6.30. The Morgan fingerprint density at radius 1 is 0.859 bits per heavy atom. The predicted octanol–water partition coefficient (Wildman–Crippen LogP) is 5.66. The van der Waals surface area contributed by atoms with E-state index in [-0.39, 0.29) is 96.6 Å². The third-order valence-corrected chi connectivity index (χ3v) is 14.1. The minimum atomic E-state index is -1.16. The first kappa shape index (κ1) is 60.4. The van der Waals surface area contributed by atoms with E-state index in [0.717, 1.165) is 17.7 Å². The molecule has 19 nitrogen and oxygen atoms in total. The number of hydrogen-bond donors (Lipinski definition) is 6. The molecule has 1 unspecified atom stereocenters. The number of hydrogen-bond acceptors (Lipinski definition) is 13. The van der Waals surface area contributed by atoms with E-state index in [4.69, 9.17) is 31.5 Å². The number of rotatable bonds is 24. The predicted molar refractivity (Wildman–Crippen MR) is 292 cm³/mol. The maximum absolute atomic E-state index is 14.6. The molecule has 3 heterocycles. The molecule has 0 spiro atoms. The molecule has 6 rings (SSSR count). The summed E-state index contributed by atoms with van der Waals surface area (Å²) in [6, 6.07) is 16.8. The Kier molecular flexibility index (Phi) is 21.9. The molecule has 2 fully saturated rings. The van der Waals surface area contributed by atoms with Crippen LogP contribution in [0.25, 0.3) is 0 Å². The summed E-state index contributed by atoms with van der Waals surface area (Å²) in [5, 5.41) is 14.9. The molecule has 0 saturated carbocycles. The topological polar surface area (TPSA) is 239 Å². The lowest BCUT2D eigenvalue weighted by Crippen LogP contribution is -2.59. The molecule has 0 radical (unpaired) electrons. The molecule has 422 valence electrons. The Balaban J connectivity index is 0.888. The van der Waals surface area contributed by atoms with Crippen LogP contribution in [0.5, 0.6) is 5.75 Å². The van der Waals surface area contributed by atoms with Gasteiger partial charge in [-0.1, -0.05) is 69.6 Å². The van der Waals surface area contributed by atoms with Crippen LogP contribution in [-0.2, 0) is 28.7 Å². The quantitative estimate of drug-likeness (QED) is 0.0367. The number of carbonyl (C=O) groups excluding carboxylic acids is 6. The summed E-state index contributed by atoms with van der Waals surface area (Å²) in [6.07, 6.45) is 1.26. The minimum absolute atomic E-state index is 0.0519. The van der Waals surface area contributed by atoms with Crippen molar-refractivity contribution in [1.82, 2.24) is 41.0 Å². The summed E-state index contributed by atoms with van der Waals surface area (Å²) >= 11 is 5.84. The Hall–Kier alpha value is -6.78. The van der Waals surface area contributed by atoms with Gasteiger partial charge < -0.3 is 61.2 Å². The molecule has 6 atom stereocenters. The highest BCUT2D eigenvalue weighted by Gasteiger charge is 2.45. The molecule has 78 heavy (non-hydrogen) atoms. The Morgan fingerprint density at radius 2 is 1.53 bits per heavy atom. The van der Waals surface area contributed by atoms with Crippen molar-refractivity contribution in [2.24, 2.45) is 5.41 Å². The van der Waals surface area contributed by atoms with E-state index in [0.29, 0.717) is 63.4 Å². The van der Waals surface area contributed by atoms with Crippen LogP contribution < -0.4 is 37.1 Å². The maximum atomic E-state index is 14.6. The van der Waals surface area contributed by atoms with Gasteiger partial charge in [0, 0.05) is 62.8 Å². The highest BCUT2D eigenvalue weighted by Crippen LogP contribution is 2.33. The van der Waals surface area contributed by atoms with Crippen molar-refractivity contribution in [2.45, 2.75) is 97.1 Å². The molecule has 2 aliphatic heterocycles. The zero-order chi connectivity index (χ0) is 56.7. The fourth-order valence-electron chi connectivity index (χ4n) is 9.12. The van der Waals surface area contributed by atoms with E-state index in [1.54, 1.807) is 52.9 Å². The first-order valence-electron chi connectivity index (χ1n) is 26.3. The number of carbonyl (C=O) groups is 6. The average molecular weight is 1100 g/mol. The average Bonchev–Trinajstić information content (AvgIpc) is 3.87. The number of nitrogens with one attached hydrogen (secondary N) is 5. The van der Waals surface area contributed by atoms with Crippen LogP contribution in [0, 0.1) is 17.0 Å². The second kappa shape index (κ2) is 28.2. The lowest BCUT2D eigenvalue weighted by molar-refractivity contribution is -0.144. The monoisotopic (exact) mass is 1100 g/mol. The van der Waals surface area contributed by atoms with Crippen molar-refractivity contribution in [1.29, 1.82) is 0 Å². The fourth-order valence-corrected chi connectivity index (χ4v) is 9.28. The SMILES string of the molecule is CC[C@H](NC(=O)[C@H]1C[C@@H](NCCOCCOCCC(=O)N2CCN(C(=O)c3ccc(NC(=O)c4cnc(N)c(O[C@H](C)c5c(F)ccc(Cl)c5F)c4)cc3)CC2)CN1C(=O)C(NC(=O)[C@@H](C)NC)C(C)(C)C)c1ccccc1. The van der Waals surface area contributed by atoms with Crippen LogP contribution >= 0.6 is 11.6 Å². The molecule has 0 aliphatic carbocycles. The molecule has 2 aliphatic rings. The standard InChI is InChI=1S/C56H73ClF2N10O9/c1-8-43(36-12-10-9-11-13-36)65-53(73)44-31-40(33-69(44)55(75)49(56(4,5)6)66-51(71)34(2)61-7)62-21-27-77-29-28-76-26-20-46(70)67-22-24-68(25-23-67)54(74)37-14-16-39(17-15-37)64-52(72)38-30-45(50(60)63-32-38)78-35(3)47-42(58)19-18-41(57)48(47)59/h9-19,30,32,34-35,40,43-44,49,61-62H,8,20-29,31,33H2,1-7H3,(H2,60,63)(H,64,72)(H,65,73)(H,66,71)/t34-,35-,40-,43+,44-,49?/m1/s1. The summed E-state index contributed by atoms with van der Waals surface area (Å²) in [4.78, 5) is 89.9. The third-order valence-electron chi connectivity index (χ3n) is 13.8. The minimum Gasteiger partial charge on any atom is -0.482 e. The number of nitrogen functional groups attached to an aromatic ring is 1. The van der Waals surface area contributed by atoms with Gasteiger partial charge in [-0.05, 0) is 87.2 Å². The lowest BCUT2D eigenvalue weighted by atomic mass is 9.85. The number of amides is 6. The molecular weight excluding hydrogens is 1030 g/mol. The first-order chi connectivity index (χ1) is 37.2. The summed E-state index contributed by atoms with van der Waals surface area (Å²) in [6.45, 7) is 14.0. The van der Waals surface area contributed by atoms with Crippen LogP contribution in [-0.4, -0.2) is 152 Å². The number of pyridine rings is 1. The van der Waals surface area contributed by atoms with Gasteiger partial charge in [0.15, 0.2) is 17.4 Å². The molecule has 6 amide bonds. The molecular formula is C56H73ClF2N10O9. The second-order valence-corrected chi connectivity index (χ2v) is 20.8. The van der Waals surface area contributed by atoms with Crippen molar-refractivity contribution >= 4 is 58.5 Å². The van der Waals surface area contributed by atoms with Gasteiger partial charge in [0.2, 0.25) is 23.6 Å². The zero-order valence-corrected chi connectivity index (χ0v) is 46.1. The highest BCUT2D eigenvalue weighted by atomic mass is 35.5. The number of benzene rings is 3. The summed E-state index contributed by atoms with van der Waals surface area (Å²) in [5.74, 6) is -3.81. The maximum Gasteiger partial charge on any atom is 0.257 e. The van der Waals surface area contributed by atoms with Crippen LogP contribution in [0.15, 0.2) is 79.0 Å². The smallest absolute Gasteiger partial charge is 0.257 e. The molecule has 22 heteroatoms. The normalized spacial score (nSPS) is 17.2. The number of nitrogens with zero attached hydrogens (tertiary/aromatic N) is 4. The van der Waals surface area contributed by atoms with Gasteiger partial charge in [-0.25, -0.2) is 13.8 Å². The van der Waals surface area contributed by atoms with Crippen molar-refractivity contribution in [3.8, 4) is 5.75 Å². The van der Waals surface area contributed by atoms with Crippen LogP contribution in [0.4, 0.5) is 20.3 Å². The Bertz CT molecular complexity index is 2710. The summed E-state index contributed by atoms with van der Waals surface area (Å²) in [7, 11) is 1.67. The van der Waals surface area contributed by atoms with E-state index in [9.17, 15) is 37.5 Å². The van der Waals surface area contributed by atoms with E-state index in [1.807, 2.05) is 58.0 Å². The van der Waals surface area contributed by atoms with Crippen molar-refractivity contribution in [2.75, 3.05) is 83.8 Å². The number of piperazine rings is 1. The number of nitrogens with two attached hydrogens (primary N) is 1. The van der Waals surface area contributed by atoms with Crippen LogP contribution in [0.3, 0.4) is 0 Å². The van der Waals surface area contributed by atoms with E-state index < -0.39 is 52.7 Å². The summed E-state index contributed by atoms with van der Waals surface area (Å²) < 4.78 is 46.3. The molecule has 2 saturated heterocycles. The first-order valence-corrected chi connectivity index (χ1v) is 26.6. The van der Waals surface area contributed by atoms with Crippen molar-refractivity contribution in [3.63, 3.8) is 0 Å². The zero-order valence-electron chi connectivity index (χ0n) is 45.3. The number of halogens is 3. The van der Waals surface area contributed by atoms with Gasteiger partial charge in [0.05, 0.1) is 61.1 Å². The second-order valence-electron chi connectivity index (χ2n) is 20.4. The van der Waals surface area contributed by atoms with Crippen LogP contribution in [0.2, 0.25) is 5.02 Å². The molecule has 7 N–H and O–H groups in total. The number of likely N-dealkylation sites (tertiary alicyclic amines) is 1. The molecule has 4 aromatic rings. The number of likely N-dealkylation sites (N-methyl/N-ethyl adjacent to an activating group) is 1. The number of ether oxygens (including phenoxy) is 3. The van der Waals surface area contributed by atoms with E-state index >= 15 is 0 Å². The lowest BCUT2D eigenvalue weighted by Gasteiger charge is -2.36. The van der Waals surface area contributed by atoms with Crippen molar-refractivity contribution < 1.29 is 51.8 Å². The molecule has 1 aromatic heterocycles. The van der Waals surface area contributed by atoms with Gasteiger partial charge in [0.25, 0.3) is 11.8 Å². The third kappa shape index (κ3) is 16.2. The van der Waals surface area contributed by atoms with Gasteiger partial charge in [-0.15, -0.1) is 0 Å². The Morgan fingerprint density at radius 3 is 2.18 bits per heavy atom. The number of aromatic nitrogens is 1. The van der Waals surface area contributed by atoms with Gasteiger partial charge in [-0.3, -0.25) is 28.8 Å². The van der Waals surface area contributed by atoms with Crippen LogP contribution in [0.1, 0.15) is 105 Å². The Labute approximate surface area is 459 Å². The van der Waals surface area contributed by atoms with E-state index in [1.165, 1.54) is 19.2 Å².